The molecule has 0 bridgehead atoms. The van der Waals surface area contributed by atoms with Crippen molar-refractivity contribution >= 4 is 11.9 Å². The van der Waals surface area contributed by atoms with E-state index >= 15 is 0 Å². The number of nitrogens with one attached hydrogen (secondary N) is 1. The van der Waals surface area contributed by atoms with Gasteiger partial charge in [0.2, 0.25) is 5.95 Å². The Morgan fingerprint density at radius 1 is 1.08 bits per heavy atom. The molecule has 1 aromatic carbocycles. The SMILES string of the molecule is CCCNC(=O)c1cnc(N2CCN(Cc3ccccc3)CC2)nc1. The van der Waals surface area contributed by atoms with Crippen molar-refractivity contribution < 1.29 is 4.79 Å². The summed E-state index contributed by atoms with van der Waals surface area (Å²) in [7, 11) is 0. The topological polar surface area (TPSA) is 61.4 Å². The number of anilines is 1. The summed E-state index contributed by atoms with van der Waals surface area (Å²) in [5, 5.41) is 2.84. The molecule has 6 heteroatoms. The van der Waals surface area contributed by atoms with Crippen LogP contribution in [0, 0.1) is 0 Å². The lowest BCUT2D eigenvalue weighted by molar-refractivity contribution is 0.0953. The molecule has 6 nitrogen and oxygen atoms in total. The van der Waals surface area contributed by atoms with E-state index in [4.69, 9.17) is 0 Å². The molecule has 25 heavy (non-hydrogen) atoms. The van der Waals surface area contributed by atoms with Crippen LogP contribution in [0.4, 0.5) is 5.95 Å². The molecule has 1 N–H and O–H groups in total. The highest BCUT2D eigenvalue weighted by molar-refractivity contribution is 5.93. The molecule has 1 aliphatic rings. The van der Waals surface area contributed by atoms with Crippen LogP contribution in [0.15, 0.2) is 42.7 Å². The Labute approximate surface area is 148 Å². The third-order valence-electron chi connectivity index (χ3n) is 4.34. The zero-order valence-electron chi connectivity index (χ0n) is 14.7. The van der Waals surface area contributed by atoms with Gasteiger partial charge in [-0.2, -0.15) is 0 Å². The maximum atomic E-state index is 11.9. The molecule has 2 heterocycles. The standard InChI is InChI=1S/C19H25N5O/c1-2-8-20-18(25)17-13-21-19(22-14-17)24-11-9-23(10-12-24)15-16-6-4-3-5-7-16/h3-7,13-14H,2,8-12,15H2,1H3,(H,20,25). The number of benzene rings is 1. The monoisotopic (exact) mass is 339 g/mol. The zero-order valence-corrected chi connectivity index (χ0v) is 14.7. The molecular weight excluding hydrogens is 314 g/mol. The maximum Gasteiger partial charge on any atom is 0.254 e. The lowest BCUT2D eigenvalue weighted by Crippen LogP contribution is -2.46. The largest absolute Gasteiger partial charge is 0.352 e. The lowest BCUT2D eigenvalue weighted by atomic mass is 10.2. The van der Waals surface area contributed by atoms with E-state index in [0.717, 1.165) is 39.1 Å². The van der Waals surface area contributed by atoms with Gasteiger partial charge in [0.25, 0.3) is 5.91 Å². The van der Waals surface area contributed by atoms with Crippen molar-refractivity contribution in [3.8, 4) is 0 Å². The van der Waals surface area contributed by atoms with E-state index in [1.54, 1.807) is 12.4 Å². The summed E-state index contributed by atoms with van der Waals surface area (Å²) in [4.78, 5) is 25.3. The fourth-order valence-electron chi connectivity index (χ4n) is 2.89. The summed E-state index contributed by atoms with van der Waals surface area (Å²) in [6.07, 6.45) is 4.14. The highest BCUT2D eigenvalue weighted by atomic mass is 16.1. The van der Waals surface area contributed by atoms with E-state index in [0.29, 0.717) is 18.1 Å². The molecule has 1 aromatic heterocycles. The van der Waals surface area contributed by atoms with E-state index in [1.165, 1.54) is 5.56 Å². The minimum absolute atomic E-state index is 0.110. The Balaban J connectivity index is 1.51. The summed E-state index contributed by atoms with van der Waals surface area (Å²) in [6.45, 7) is 7.43. The van der Waals surface area contributed by atoms with Gasteiger partial charge in [-0.25, -0.2) is 9.97 Å². The Kier molecular flexibility index (Phi) is 5.95. The zero-order chi connectivity index (χ0) is 17.5. The van der Waals surface area contributed by atoms with Crippen LogP contribution in [0.25, 0.3) is 0 Å². The number of amides is 1. The van der Waals surface area contributed by atoms with E-state index in [9.17, 15) is 4.79 Å². The van der Waals surface area contributed by atoms with Gasteiger partial charge in [-0.3, -0.25) is 9.69 Å². The minimum atomic E-state index is -0.110. The minimum Gasteiger partial charge on any atom is -0.352 e. The Morgan fingerprint density at radius 3 is 2.40 bits per heavy atom. The van der Waals surface area contributed by atoms with Crippen molar-refractivity contribution in [3.63, 3.8) is 0 Å². The van der Waals surface area contributed by atoms with Crippen molar-refractivity contribution in [2.24, 2.45) is 0 Å². The normalized spacial score (nSPS) is 15.2. The molecule has 132 valence electrons. The number of aromatic nitrogens is 2. The summed E-state index contributed by atoms with van der Waals surface area (Å²) >= 11 is 0. The quantitative estimate of drug-likeness (QED) is 0.871. The summed E-state index contributed by atoms with van der Waals surface area (Å²) in [5.74, 6) is 0.590. The first-order valence-electron chi connectivity index (χ1n) is 8.87. The van der Waals surface area contributed by atoms with Gasteiger partial charge in [0.05, 0.1) is 5.56 Å². The van der Waals surface area contributed by atoms with Gasteiger partial charge in [0.1, 0.15) is 0 Å². The molecule has 1 fully saturated rings. The van der Waals surface area contributed by atoms with Crippen molar-refractivity contribution in [2.45, 2.75) is 19.9 Å². The fraction of sp³-hybridized carbons (Fsp3) is 0.421. The molecule has 1 amide bonds. The van der Waals surface area contributed by atoms with Crippen molar-refractivity contribution in [2.75, 3.05) is 37.6 Å². The van der Waals surface area contributed by atoms with Crippen LogP contribution in [0.5, 0.6) is 0 Å². The van der Waals surface area contributed by atoms with Gasteiger partial charge in [-0.15, -0.1) is 0 Å². The second kappa shape index (κ2) is 8.58. The van der Waals surface area contributed by atoms with E-state index in [1.807, 2.05) is 13.0 Å². The van der Waals surface area contributed by atoms with Crippen LogP contribution >= 0.6 is 0 Å². The third-order valence-corrected chi connectivity index (χ3v) is 4.34. The smallest absolute Gasteiger partial charge is 0.254 e. The molecule has 0 saturated carbocycles. The lowest BCUT2D eigenvalue weighted by Gasteiger charge is -2.34. The maximum absolute atomic E-state index is 11.9. The highest BCUT2D eigenvalue weighted by Gasteiger charge is 2.19. The van der Waals surface area contributed by atoms with Gasteiger partial charge >= 0.3 is 0 Å². The molecule has 1 saturated heterocycles. The number of hydrogen-bond donors (Lipinski definition) is 1. The predicted molar refractivity (Wildman–Crippen MR) is 98.6 cm³/mol. The average molecular weight is 339 g/mol. The van der Waals surface area contributed by atoms with Gasteiger partial charge in [0.15, 0.2) is 0 Å². The first-order valence-corrected chi connectivity index (χ1v) is 8.87. The third kappa shape index (κ3) is 4.76. The van der Waals surface area contributed by atoms with Crippen molar-refractivity contribution in [1.82, 2.24) is 20.2 Å². The summed E-state index contributed by atoms with van der Waals surface area (Å²) in [5.41, 5.74) is 1.86. The first kappa shape index (κ1) is 17.4. The van der Waals surface area contributed by atoms with E-state index < -0.39 is 0 Å². The molecule has 3 rings (SSSR count). The highest BCUT2D eigenvalue weighted by Crippen LogP contribution is 2.13. The first-order chi connectivity index (χ1) is 12.3. The number of carbonyl (C=O) groups excluding carboxylic acids is 1. The Morgan fingerprint density at radius 2 is 1.76 bits per heavy atom. The summed E-state index contributed by atoms with van der Waals surface area (Å²) < 4.78 is 0. The molecule has 0 radical (unpaired) electrons. The predicted octanol–water partition coefficient (Wildman–Crippen LogP) is 1.94. The van der Waals surface area contributed by atoms with Crippen LogP contribution in [-0.4, -0.2) is 53.5 Å². The van der Waals surface area contributed by atoms with Crippen molar-refractivity contribution in [1.29, 1.82) is 0 Å². The summed E-state index contributed by atoms with van der Waals surface area (Å²) in [6, 6.07) is 10.5. The second-order valence-electron chi connectivity index (χ2n) is 6.28. The molecule has 0 spiro atoms. The Hall–Kier alpha value is -2.47. The molecule has 0 unspecified atom stereocenters. The molecular formula is C19H25N5O. The van der Waals surface area contributed by atoms with Crippen LogP contribution in [0.1, 0.15) is 29.3 Å². The molecule has 0 atom stereocenters. The molecule has 1 aliphatic heterocycles. The van der Waals surface area contributed by atoms with E-state index in [-0.39, 0.29) is 5.91 Å². The van der Waals surface area contributed by atoms with Crippen LogP contribution < -0.4 is 10.2 Å². The van der Waals surface area contributed by atoms with Crippen LogP contribution in [0.2, 0.25) is 0 Å². The van der Waals surface area contributed by atoms with Crippen LogP contribution in [0.3, 0.4) is 0 Å². The number of piperazine rings is 1. The molecule has 2 aromatic rings. The Bertz CT molecular complexity index is 666. The van der Waals surface area contributed by atoms with Gasteiger partial charge < -0.3 is 10.2 Å². The van der Waals surface area contributed by atoms with Gasteiger partial charge in [-0.05, 0) is 12.0 Å². The second-order valence-corrected chi connectivity index (χ2v) is 6.28. The van der Waals surface area contributed by atoms with Crippen molar-refractivity contribution in [3.05, 3.63) is 53.9 Å². The van der Waals surface area contributed by atoms with E-state index in [2.05, 4.69) is 49.4 Å². The number of carbonyl (C=O) groups is 1. The van der Waals surface area contributed by atoms with Gasteiger partial charge in [0, 0.05) is 51.7 Å². The van der Waals surface area contributed by atoms with Gasteiger partial charge in [-0.1, -0.05) is 37.3 Å². The number of rotatable bonds is 6. The number of hydrogen-bond acceptors (Lipinski definition) is 5. The molecule has 0 aliphatic carbocycles. The fourth-order valence-corrected chi connectivity index (χ4v) is 2.89. The van der Waals surface area contributed by atoms with Crippen LogP contribution in [-0.2, 0) is 6.54 Å². The number of nitrogens with zero attached hydrogens (tertiary/aromatic N) is 4. The average Bonchev–Trinajstić information content (AvgIpc) is 2.68.